The van der Waals surface area contributed by atoms with E-state index in [2.05, 4.69) is 9.97 Å². The van der Waals surface area contributed by atoms with E-state index in [-0.39, 0.29) is 5.69 Å². The van der Waals surface area contributed by atoms with Gasteiger partial charge in [-0.05, 0) is 0 Å². The monoisotopic (exact) mass is 188 g/mol. The van der Waals surface area contributed by atoms with Crippen LogP contribution in [0, 0.1) is 0 Å². The summed E-state index contributed by atoms with van der Waals surface area (Å²) in [4.78, 5) is 26.7. The van der Waals surface area contributed by atoms with Crippen LogP contribution in [0.3, 0.4) is 0 Å². The Morgan fingerprint density at radius 1 is 1.21 bits per heavy atom. The Balaban J connectivity index is 2.61. The summed E-state index contributed by atoms with van der Waals surface area (Å²) < 4.78 is 0. The molecule has 2 N–H and O–H groups in total. The van der Waals surface area contributed by atoms with Gasteiger partial charge in [-0.3, -0.25) is 4.79 Å². The number of hydrogen-bond acceptors (Lipinski definition) is 2. The number of aromatic amines is 2. The van der Waals surface area contributed by atoms with E-state index in [9.17, 15) is 9.59 Å². The van der Waals surface area contributed by atoms with Crippen LogP contribution in [-0.4, -0.2) is 16.3 Å². The molecule has 0 fully saturated rings. The highest BCUT2D eigenvalue weighted by atomic mass is 16.1. The highest BCUT2D eigenvalue weighted by Crippen LogP contribution is 2.18. The molecule has 0 atom stereocenters. The first-order chi connectivity index (χ1) is 6.81. The minimum atomic E-state index is -0.277. The lowest BCUT2D eigenvalue weighted by Gasteiger charge is -1.99. The molecule has 2 aromatic rings. The van der Waals surface area contributed by atoms with Crippen molar-refractivity contribution in [3.63, 3.8) is 0 Å². The average molecular weight is 188 g/mol. The van der Waals surface area contributed by atoms with Crippen LogP contribution in [0.15, 0.2) is 35.3 Å². The third-order valence-corrected chi connectivity index (χ3v) is 1.97. The van der Waals surface area contributed by atoms with Crippen molar-refractivity contribution in [3.05, 3.63) is 46.5 Å². The second-order valence-electron chi connectivity index (χ2n) is 2.86. The van der Waals surface area contributed by atoms with Gasteiger partial charge < -0.3 is 9.97 Å². The molecule has 14 heavy (non-hydrogen) atoms. The van der Waals surface area contributed by atoms with Crippen molar-refractivity contribution in [3.8, 4) is 11.3 Å². The summed E-state index contributed by atoms with van der Waals surface area (Å²) in [6, 6.07) is 7.07. The van der Waals surface area contributed by atoms with Gasteiger partial charge in [0.15, 0.2) is 6.29 Å². The van der Waals surface area contributed by atoms with Gasteiger partial charge in [0.2, 0.25) is 0 Å². The Morgan fingerprint density at radius 2 is 2.00 bits per heavy atom. The van der Waals surface area contributed by atoms with Gasteiger partial charge in [0.25, 0.3) is 0 Å². The van der Waals surface area contributed by atoms with Gasteiger partial charge in [-0.15, -0.1) is 0 Å². The zero-order chi connectivity index (χ0) is 9.97. The van der Waals surface area contributed by atoms with Crippen molar-refractivity contribution in [1.82, 2.24) is 9.97 Å². The van der Waals surface area contributed by atoms with E-state index in [0.717, 1.165) is 11.8 Å². The van der Waals surface area contributed by atoms with Crippen molar-refractivity contribution in [1.29, 1.82) is 0 Å². The summed E-state index contributed by atoms with van der Waals surface area (Å²) in [5.74, 6) is 0. The summed E-state index contributed by atoms with van der Waals surface area (Å²) in [6.07, 6.45) is 2.31. The third-order valence-electron chi connectivity index (χ3n) is 1.97. The number of benzene rings is 1. The molecule has 0 saturated heterocycles. The van der Waals surface area contributed by atoms with E-state index in [1.165, 1.54) is 0 Å². The maximum absolute atomic E-state index is 10.9. The standard InChI is InChI=1S/C10H8N2O2/c13-6-7-3-1-2-4-8(7)9-5-11-10(14)12-9/h1-6H,(H2,11,12,14). The normalized spacial score (nSPS) is 10.0. The summed E-state index contributed by atoms with van der Waals surface area (Å²) in [6.45, 7) is 0. The second-order valence-corrected chi connectivity index (χ2v) is 2.86. The number of aromatic nitrogens is 2. The highest BCUT2D eigenvalue weighted by molar-refractivity contribution is 5.86. The predicted molar refractivity (Wildman–Crippen MR) is 52.2 cm³/mol. The lowest BCUT2D eigenvalue weighted by atomic mass is 10.1. The molecule has 4 nitrogen and oxygen atoms in total. The zero-order valence-electron chi connectivity index (χ0n) is 7.28. The van der Waals surface area contributed by atoms with E-state index < -0.39 is 0 Å². The molecule has 0 spiro atoms. The average Bonchev–Trinajstić information content (AvgIpc) is 2.65. The molecular weight excluding hydrogens is 180 g/mol. The lowest BCUT2D eigenvalue weighted by molar-refractivity contribution is 0.112. The fraction of sp³-hybridized carbons (Fsp3) is 0. The molecule has 0 aliphatic rings. The number of imidazole rings is 1. The number of H-pyrrole nitrogens is 2. The van der Waals surface area contributed by atoms with E-state index in [0.29, 0.717) is 11.3 Å². The molecule has 0 aliphatic carbocycles. The van der Waals surface area contributed by atoms with Crippen molar-refractivity contribution < 1.29 is 4.79 Å². The minimum Gasteiger partial charge on any atom is -0.312 e. The van der Waals surface area contributed by atoms with Crippen LogP contribution < -0.4 is 5.69 Å². The third kappa shape index (κ3) is 1.37. The molecule has 0 saturated carbocycles. The first kappa shape index (κ1) is 8.50. The quantitative estimate of drug-likeness (QED) is 0.695. The van der Waals surface area contributed by atoms with Gasteiger partial charge >= 0.3 is 5.69 Å². The van der Waals surface area contributed by atoms with Gasteiger partial charge in [-0.25, -0.2) is 4.79 Å². The minimum absolute atomic E-state index is 0.277. The van der Waals surface area contributed by atoms with E-state index >= 15 is 0 Å². The van der Waals surface area contributed by atoms with E-state index in [1.54, 1.807) is 24.4 Å². The molecule has 0 bridgehead atoms. The molecule has 2 rings (SSSR count). The molecule has 0 aliphatic heterocycles. The SMILES string of the molecule is O=Cc1ccccc1-c1c[nH]c(=O)[nH]1. The van der Waals surface area contributed by atoms with Crippen LogP contribution in [0.2, 0.25) is 0 Å². The molecule has 1 aromatic heterocycles. The molecule has 1 aromatic carbocycles. The predicted octanol–water partition coefficient (Wildman–Crippen LogP) is 1.18. The maximum Gasteiger partial charge on any atom is 0.323 e. The highest BCUT2D eigenvalue weighted by Gasteiger charge is 2.04. The Bertz CT molecular complexity index is 511. The van der Waals surface area contributed by atoms with E-state index in [4.69, 9.17) is 0 Å². The second kappa shape index (κ2) is 3.33. The molecule has 4 heteroatoms. The molecule has 0 amide bonds. The molecule has 0 unspecified atom stereocenters. The first-order valence-corrected chi connectivity index (χ1v) is 4.13. The Morgan fingerprint density at radius 3 is 2.64 bits per heavy atom. The number of carbonyl (C=O) groups is 1. The maximum atomic E-state index is 10.9. The van der Waals surface area contributed by atoms with Crippen LogP contribution in [0.1, 0.15) is 10.4 Å². The van der Waals surface area contributed by atoms with Gasteiger partial charge in [0, 0.05) is 17.3 Å². The molecular formula is C10H8N2O2. The van der Waals surface area contributed by atoms with Crippen LogP contribution in [0.5, 0.6) is 0 Å². The molecule has 1 heterocycles. The summed E-state index contributed by atoms with van der Waals surface area (Å²) in [7, 11) is 0. The molecule has 0 radical (unpaired) electrons. The molecule has 70 valence electrons. The number of carbonyl (C=O) groups excluding carboxylic acids is 1. The van der Waals surface area contributed by atoms with Gasteiger partial charge in [-0.1, -0.05) is 24.3 Å². The summed E-state index contributed by atoms with van der Waals surface area (Å²) >= 11 is 0. The fourth-order valence-corrected chi connectivity index (χ4v) is 1.32. The number of hydrogen-bond donors (Lipinski definition) is 2. The van der Waals surface area contributed by atoms with Gasteiger partial charge in [0.05, 0.1) is 5.69 Å². The summed E-state index contributed by atoms with van der Waals surface area (Å²) in [5, 5.41) is 0. The van der Waals surface area contributed by atoms with Gasteiger partial charge in [0.1, 0.15) is 0 Å². The largest absolute Gasteiger partial charge is 0.323 e. The number of aldehydes is 1. The smallest absolute Gasteiger partial charge is 0.312 e. The van der Waals surface area contributed by atoms with E-state index in [1.807, 2.05) is 6.07 Å². The Kier molecular flexibility index (Phi) is 2.02. The summed E-state index contributed by atoms with van der Waals surface area (Å²) in [5.41, 5.74) is 1.63. The zero-order valence-corrected chi connectivity index (χ0v) is 7.28. The van der Waals surface area contributed by atoms with Crippen molar-refractivity contribution in [2.75, 3.05) is 0 Å². The van der Waals surface area contributed by atoms with Crippen molar-refractivity contribution >= 4 is 6.29 Å². The van der Waals surface area contributed by atoms with Crippen molar-refractivity contribution in [2.45, 2.75) is 0 Å². The topological polar surface area (TPSA) is 65.7 Å². The van der Waals surface area contributed by atoms with Crippen LogP contribution >= 0.6 is 0 Å². The number of nitrogens with one attached hydrogen (secondary N) is 2. The van der Waals surface area contributed by atoms with Crippen molar-refractivity contribution in [2.24, 2.45) is 0 Å². The number of rotatable bonds is 2. The fourth-order valence-electron chi connectivity index (χ4n) is 1.32. The van der Waals surface area contributed by atoms with Crippen LogP contribution in [-0.2, 0) is 0 Å². The lowest BCUT2D eigenvalue weighted by Crippen LogP contribution is -2.00. The Labute approximate surface area is 79.6 Å². The van der Waals surface area contributed by atoms with Gasteiger partial charge in [-0.2, -0.15) is 0 Å². The van der Waals surface area contributed by atoms with Crippen LogP contribution in [0.4, 0.5) is 0 Å². The Hall–Kier alpha value is -2.10. The first-order valence-electron chi connectivity index (χ1n) is 4.13. The van der Waals surface area contributed by atoms with Crippen LogP contribution in [0.25, 0.3) is 11.3 Å².